The molecule has 2 aliphatic rings. The highest BCUT2D eigenvalue weighted by Crippen LogP contribution is 2.49. The molecular weight excluding hydrogens is 440 g/mol. The number of rotatable bonds is 5. The number of nitrogens with two attached hydrogens (primary N) is 1. The second-order valence-electron chi connectivity index (χ2n) is 6.30. The van der Waals surface area contributed by atoms with Crippen molar-refractivity contribution in [2.45, 2.75) is 5.92 Å². The van der Waals surface area contributed by atoms with E-state index in [1.54, 1.807) is 19.3 Å². The number of hydrogen-bond donors (Lipinski definition) is 1. The molecule has 2 aliphatic heterocycles. The van der Waals surface area contributed by atoms with Gasteiger partial charge < -0.3 is 29.4 Å². The van der Waals surface area contributed by atoms with Gasteiger partial charge in [0.05, 0.1) is 17.5 Å². The van der Waals surface area contributed by atoms with E-state index in [0.717, 1.165) is 11.1 Å². The van der Waals surface area contributed by atoms with E-state index in [-0.39, 0.29) is 12.7 Å². The van der Waals surface area contributed by atoms with Crippen molar-refractivity contribution >= 4 is 15.9 Å². The van der Waals surface area contributed by atoms with E-state index >= 15 is 0 Å². The molecule has 2 N–H and O–H groups in total. The van der Waals surface area contributed by atoms with Crippen LogP contribution in [0, 0.1) is 11.3 Å². The molecule has 8 heteroatoms. The fourth-order valence-electron chi connectivity index (χ4n) is 3.38. The van der Waals surface area contributed by atoms with Gasteiger partial charge in [-0.2, -0.15) is 5.26 Å². The summed E-state index contributed by atoms with van der Waals surface area (Å²) in [5.74, 6) is 2.31. The maximum absolute atomic E-state index is 9.78. The molecule has 4 rings (SSSR count). The number of hydrogen-bond acceptors (Lipinski definition) is 7. The van der Waals surface area contributed by atoms with E-state index in [1.165, 1.54) is 0 Å². The minimum Gasteiger partial charge on any atom is -0.493 e. The highest BCUT2D eigenvalue weighted by atomic mass is 79.9. The second-order valence-corrected chi connectivity index (χ2v) is 7.16. The Morgan fingerprint density at radius 2 is 2.03 bits per heavy atom. The van der Waals surface area contributed by atoms with Crippen molar-refractivity contribution in [3.8, 4) is 34.8 Å². The zero-order valence-corrected chi connectivity index (χ0v) is 17.1. The van der Waals surface area contributed by atoms with Crippen molar-refractivity contribution in [3.63, 3.8) is 0 Å². The number of allylic oxidation sites excluding steroid dienone is 1. The van der Waals surface area contributed by atoms with Gasteiger partial charge in [0.25, 0.3) is 0 Å². The predicted molar refractivity (Wildman–Crippen MR) is 108 cm³/mol. The minimum atomic E-state index is -0.475. The normalized spacial score (nSPS) is 16.5. The van der Waals surface area contributed by atoms with Crippen molar-refractivity contribution < 1.29 is 23.7 Å². The Morgan fingerprint density at radius 3 is 2.72 bits per heavy atom. The number of methoxy groups -OCH3 is 1. The third-order valence-corrected chi connectivity index (χ3v) is 5.23. The first-order valence-electron chi connectivity index (χ1n) is 8.69. The van der Waals surface area contributed by atoms with Gasteiger partial charge >= 0.3 is 0 Å². The van der Waals surface area contributed by atoms with Gasteiger partial charge in [-0.05, 0) is 39.7 Å². The highest BCUT2D eigenvalue weighted by Gasteiger charge is 2.34. The van der Waals surface area contributed by atoms with Gasteiger partial charge in [0, 0.05) is 11.6 Å². The van der Waals surface area contributed by atoms with Crippen LogP contribution in [0.3, 0.4) is 0 Å². The van der Waals surface area contributed by atoms with E-state index in [0.29, 0.717) is 45.4 Å². The van der Waals surface area contributed by atoms with Crippen LogP contribution in [0.2, 0.25) is 0 Å². The van der Waals surface area contributed by atoms with Gasteiger partial charge in [0.15, 0.2) is 23.0 Å². The molecule has 29 heavy (non-hydrogen) atoms. The number of fused-ring (bicyclic) bond motifs is 2. The van der Waals surface area contributed by atoms with E-state index in [9.17, 15) is 5.26 Å². The van der Waals surface area contributed by atoms with Crippen LogP contribution < -0.4 is 29.4 Å². The first kappa shape index (κ1) is 19.0. The Labute approximate surface area is 176 Å². The maximum atomic E-state index is 9.78. The summed E-state index contributed by atoms with van der Waals surface area (Å²) >= 11 is 3.54. The van der Waals surface area contributed by atoms with Crippen LogP contribution in [0.5, 0.6) is 28.7 Å². The smallest absolute Gasteiger partial charge is 0.231 e. The Hall–Kier alpha value is -3.31. The fraction of sp³-hybridized carbons (Fsp3) is 0.190. The van der Waals surface area contributed by atoms with Crippen LogP contribution >= 0.6 is 15.9 Å². The van der Waals surface area contributed by atoms with Crippen LogP contribution in [0.25, 0.3) is 0 Å². The number of nitriles is 1. The molecule has 1 atom stereocenters. The summed E-state index contributed by atoms with van der Waals surface area (Å²) in [7, 11) is 1.55. The summed E-state index contributed by atoms with van der Waals surface area (Å²) in [5.41, 5.74) is 7.89. The van der Waals surface area contributed by atoms with Crippen molar-refractivity contribution in [1.29, 1.82) is 5.26 Å². The number of halogens is 1. The van der Waals surface area contributed by atoms with Crippen molar-refractivity contribution in [3.05, 3.63) is 64.0 Å². The van der Waals surface area contributed by atoms with Crippen molar-refractivity contribution in [2.75, 3.05) is 20.5 Å². The van der Waals surface area contributed by atoms with Crippen LogP contribution in [-0.2, 0) is 0 Å². The molecule has 2 aromatic carbocycles. The lowest BCUT2D eigenvalue weighted by molar-refractivity contribution is 0.174. The number of ether oxygens (including phenoxy) is 5. The van der Waals surface area contributed by atoms with Crippen LogP contribution in [0.15, 0.2) is 52.8 Å². The fourth-order valence-corrected chi connectivity index (χ4v) is 3.95. The summed E-state index contributed by atoms with van der Waals surface area (Å²) < 4.78 is 28.5. The highest BCUT2D eigenvalue weighted by molar-refractivity contribution is 9.10. The zero-order valence-electron chi connectivity index (χ0n) is 15.5. The van der Waals surface area contributed by atoms with Gasteiger partial charge in [0.1, 0.15) is 24.0 Å². The molecule has 0 saturated carbocycles. The van der Waals surface area contributed by atoms with Crippen LogP contribution in [0.4, 0.5) is 0 Å². The standard InChI is InChI=1S/C21H17BrN2O5/c1-3-4-26-20-14(22)5-11(6-18(20)25-2)19-12-7-16-17(28-10-27-16)8-15(12)29-21(24)13(19)9-23/h3,5-8,19H,1,4,10,24H2,2H3. The molecule has 0 spiro atoms. The Bertz CT molecular complexity index is 1070. The van der Waals surface area contributed by atoms with Gasteiger partial charge in [-0.1, -0.05) is 12.7 Å². The first-order valence-corrected chi connectivity index (χ1v) is 9.49. The second kappa shape index (κ2) is 7.60. The van der Waals surface area contributed by atoms with Gasteiger partial charge in [0.2, 0.25) is 12.7 Å². The van der Waals surface area contributed by atoms with E-state index in [4.69, 9.17) is 29.4 Å². The topological polar surface area (TPSA) is 96.0 Å². The van der Waals surface area contributed by atoms with E-state index in [2.05, 4.69) is 28.6 Å². The van der Waals surface area contributed by atoms with E-state index in [1.807, 2.05) is 18.2 Å². The molecule has 0 aliphatic carbocycles. The number of benzene rings is 2. The van der Waals surface area contributed by atoms with Gasteiger partial charge in [-0.3, -0.25) is 0 Å². The molecule has 2 heterocycles. The third-order valence-electron chi connectivity index (χ3n) is 4.64. The molecular formula is C21H17BrN2O5. The minimum absolute atomic E-state index is 0.0472. The van der Waals surface area contributed by atoms with Crippen molar-refractivity contribution in [1.82, 2.24) is 0 Å². The molecule has 2 aromatic rings. The molecule has 0 amide bonds. The largest absolute Gasteiger partial charge is 0.493 e. The Morgan fingerprint density at radius 1 is 1.28 bits per heavy atom. The molecule has 0 radical (unpaired) electrons. The molecule has 0 saturated heterocycles. The quantitative estimate of drug-likeness (QED) is 0.679. The Balaban J connectivity index is 1.88. The lowest BCUT2D eigenvalue weighted by Crippen LogP contribution is -2.21. The summed E-state index contributed by atoms with van der Waals surface area (Å²) in [5, 5.41) is 9.78. The summed E-state index contributed by atoms with van der Waals surface area (Å²) in [6.07, 6.45) is 1.65. The van der Waals surface area contributed by atoms with Gasteiger partial charge in [-0.25, -0.2) is 0 Å². The molecule has 0 bridgehead atoms. The summed E-state index contributed by atoms with van der Waals surface area (Å²) in [6.45, 7) is 4.12. The lowest BCUT2D eigenvalue weighted by atomic mass is 9.83. The van der Waals surface area contributed by atoms with Crippen LogP contribution in [0.1, 0.15) is 17.0 Å². The molecule has 0 aromatic heterocycles. The van der Waals surface area contributed by atoms with Crippen LogP contribution in [-0.4, -0.2) is 20.5 Å². The Kier molecular flexibility index (Phi) is 4.99. The average molecular weight is 457 g/mol. The third kappa shape index (κ3) is 3.23. The predicted octanol–water partition coefficient (Wildman–Crippen LogP) is 3.97. The average Bonchev–Trinajstić information content (AvgIpc) is 3.17. The first-order chi connectivity index (χ1) is 14.1. The van der Waals surface area contributed by atoms with E-state index < -0.39 is 5.92 Å². The summed E-state index contributed by atoms with van der Waals surface area (Å²) in [4.78, 5) is 0. The van der Waals surface area contributed by atoms with Crippen molar-refractivity contribution in [2.24, 2.45) is 5.73 Å². The monoisotopic (exact) mass is 456 g/mol. The SMILES string of the molecule is C=CCOc1c(Br)cc(C2C(C#N)=C(N)Oc3cc4c(cc32)OCO4)cc1OC. The molecule has 1 unspecified atom stereocenters. The number of nitrogens with zero attached hydrogens (tertiary/aromatic N) is 1. The van der Waals surface area contributed by atoms with Gasteiger partial charge in [-0.15, -0.1) is 0 Å². The maximum Gasteiger partial charge on any atom is 0.231 e. The molecule has 7 nitrogen and oxygen atoms in total. The molecule has 148 valence electrons. The molecule has 0 fully saturated rings. The summed E-state index contributed by atoms with van der Waals surface area (Å²) in [6, 6.07) is 9.40. The zero-order chi connectivity index (χ0) is 20.5. The lowest BCUT2D eigenvalue weighted by Gasteiger charge is -2.27.